The first-order chi connectivity index (χ1) is 7.83. The number of rotatable bonds is 5. The Morgan fingerprint density at radius 2 is 1.83 bits per heavy atom. The molecule has 2 rings (SSSR count). The lowest BCUT2D eigenvalue weighted by Crippen LogP contribution is -2.01. The predicted octanol–water partition coefficient (Wildman–Crippen LogP) is 3.09. The summed E-state index contributed by atoms with van der Waals surface area (Å²) >= 11 is 0. The zero-order valence-electron chi connectivity index (χ0n) is 10.6. The van der Waals surface area contributed by atoms with Crippen molar-refractivity contribution < 1.29 is 0 Å². The topological polar surface area (TPSA) is 43.8 Å². The Bertz CT molecular complexity index is 468. The summed E-state index contributed by atoms with van der Waals surface area (Å²) in [5.41, 5.74) is 7.79. The molecule has 0 unspecified atom stereocenters. The normalized spacial score (nSPS) is 9.89. The van der Waals surface area contributed by atoms with E-state index in [-0.39, 0.29) is 24.8 Å². The number of hydrogen-bond acceptors (Lipinski definition) is 2. The molecule has 102 valence electrons. The van der Waals surface area contributed by atoms with Crippen LogP contribution in [0.4, 0.5) is 0 Å². The van der Waals surface area contributed by atoms with Gasteiger partial charge < -0.3 is 10.3 Å². The van der Waals surface area contributed by atoms with E-state index in [2.05, 4.69) is 34.8 Å². The number of hydrogen-bond donors (Lipinski definition) is 1. The smallest absolute Gasteiger partial charge is 0.109 e. The Kier molecular flexibility index (Phi) is 8.00. The Morgan fingerprint density at radius 3 is 2.50 bits per heavy atom. The van der Waals surface area contributed by atoms with Gasteiger partial charge in [0.2, 0.25) is 0 Å². The molecule has 2 N–H and O–H groups in total. The van der Waals surface area contributed by atoms with Crippen LogP contribution in [0, 0.1) is 0 Å². The van der Waals surface area contributed by atoms with Crippen molar-refractivity contribution in [1.82, 2.24) is 9.55 Å². The van der Waals surface area contributed by atoms with Gasteiger partial charge in [-0.3, -0.25) is 0 Å². The third kappa shape index (κ3) is 3.87. The van der Waals surface area contributed by atoms with E-state index in [0.717, 1.165) is 24.9 Å². The summed E-state index contributed by atoms with van der Waals surface area (Å²) in [4.78, 5) is 4.64. The molecule has 0 saturated carbocycles. The predicted molar refractivity (Wildman–Crippen MR) is 81.8 cm³/mol. The van der Waals surface area contributed by atoms with E-state index in [1.165, 1.54) is 24.2 Å². The Hall–Kier alpha value is -0.770. The second kappa shape index (κ2) is 8.35. The highest BCUT2D eigenvalue weighted by Gasteiger charge is 2.05. The van der Waals surface area contributed by atoms with Crippen molar-refractivity contribution in [1.29, 1.82) is 0 Å². The standard InChI is InChI=1S/C13H19N3.2ClH/c1-16-12-8-5-4-7-11(12)15-13(16)9-3-2-6-10-14;;/h4-5,7-8H,2-3,6,9-10,14H2,1H3;2*1H. The minimum atomic E-state index is 0. The summed E-state index contributed by atoms with van der Waals surface area (Å²) in [6.07, 6.45) is 4.53. The molecule has 0 bridgehead atoms. The third-order valence-corrected chi connectivity index (χ3v) is 2.98. The van der Waals surface area contributed by atoms with Crippen LogP contribution in [0.15, 0.2) is 24.3 Å². The number of para-hydroxylation sites is 2. The molecule has 0 fully saturated rings. The second-order valence-electron chi connectivity index (χ2n) is 4.18. The summed E-state index contributed by atoms with van der Waals surface area (Å²) in [6.45, 7) is 0.794. The number of halogens is 2. The van der Waals surface area contributed by atoms with Crippen LogP contribution in [-0.2, 0) is 13.5 Å². The van der Waals surface area contributed by atoms with E-state index < -0.39 is 0 Å². The first-order valence-electron chi connectivity index (χ1n) is 5.93. The molecule has 0 aliphatic rings. The number of nitrogens with two attached hydrogens (primary N) is 1. The minimum Gasteiger partial charge on any atom is -0.331 e. The van der Waals surface area contributed by atoms with Crippen LogP contribution >= 0.6 is 24.8 Å². The van der Waals surface area contributed by atoms with E-state index in [0.29, 0.717) is 0 Å². The van der Waals surface area contributed by atoms with Crippen molar-refractivity contribution >= 4 is 35.8 Å². The number of benzene rings is 1. The average molecular weight is 290 g/mol. The van der Waals surface area contributed by atoms with Crippen molar-refractivity contribution in [3.63, 3.8) is 0 Å². The van der Waals surface area contributed by atoms with Crippen molar-refractivity contribution in [3.05, 3.63) is 30.1 Å². The third-order valence-electron chi connectivity index (χ3n) is 2.98. The van der Waals surface area contributed by atoms with Gasteiger partial charge in [0, 0.05) is 13.5 Å². The van der Waals surface area contributed by atoms with E-state index in [1.54, 1.807) is 0 Å². The lowest BCUT2D eigenvalue weighted by Gasteiger charge is -2.01. The summed E-state index contributed by atoms with van der Waals surface area (Å²) in [5, 5.41) is 0. The van der Waals surface area contributed by atoms with Gasteiger partial charge in [0.1, 0.15) is 5.82 Å². The summed E-state index contributed by atoms with van der Waals surface area (Å²) in [5.74, 6) is 1.18. The quantitative estimate of drug-likeness (QED) is 0.860. The number of imidazole rings is 1. The molecule has 0 radical (unpaired) electrons. The Morgan fingerprint density at radius 1 is 1.11 bits per heavy atom. The van der Waals surface area contributed by atoms with Crippen LogP contribution in [0.1, 0.15) is 25.1 Å². The van der Waals surface area contributed by atoms with Crippen LogP contribution < -0.4 is 5.73 Å². The second-order valence-corrected chi connectivity index (χ2v) is 4.18. The van der Waals surface area contributed by atoms with Crippen molar-refractivity contribution in [2.24, 2.45) is 12.8 Å². The van der Waals surface area contributed by atoms with Crippen LogP contribution in [0.2, 0.25) is 0 Å². The molecule has 0 aliphatic heterocycles. The van der Waals surface area contributed by atoms with Gasteiger partial charge in [-0.1, -0.05) is 18.6 Å². The number of fused-ring (bicyclic) bond motifs is 1. The van der Waals surface area contributed by atoms with Gasteiger partial charge in [0.15, 0.2) is 0 Å². The van der Waals surface area contributed by atoms with Gasteiger partial charge in [0.25, 0.3) is 0 Å². The SMILES string of the molecule is Cl.Cl.Cn1c(CCCCCN)nc2ccccc21. The number of aryl methyl sites for hydroxylation is 2. The van der Waals surface area contributed by atoms with E-state index >= 15 is 0 Å². The molecule has 18 heavy (non-hydrogen) atoms. The Balaban J connectivity index is 0.00000144. The fourth-order valence-electron chi connectivity index (χ4n) is 2.02. The molecule has 2 aromatic rings. The van der Waals surface area contributed by atoms with Crippen LogP contribution in [-0.4, -0.2) is 16.1 Å². The van der Waals surface area contributed by atoms with Gasteiger partial charge in [-0.05, 0) is 31.5 Å². The maximum absolute atomic E-state index is 5.48. The summed E-state index contributed by atoms with van der Waals surface area (Å²) in [6, 6.07) is 8.28. The zero-order chi connectivity index (χ0) is 11.4. The maximum Gasteiger partial charge on any atom is 0.109 e. The minimum absolute atomic E-state index is 0. The molecule has 0 atom stereocenters. The molecule has 1 aromatic heterocycles. The van der Waals surface area contributed by atoms with Crippen LogP contribution in [0.3, 0.4) is 0 Å². The van der Waals surface area contributed by atoms with Crippen LogP contribution in [0.25, 0.3) is 11.0 Å². The van der Waals surface area contributed by atoms with E-state index in [9.17, 15) is 0 Å². The fraction of sp³-hybridized carbons (Fsp3) is 0.462. The molecule has 3 nitrogen and oxygen atoms in total. The lowest BCUT2D eigenvalue weighted by molar-refractivity contribution is 0.656. The van der Waals surface area contributed by atoms with Gasteiger partial charge in [-0.15, -0.1) is 24.8 Å². The largest absolute Gasteiger partial charge is 0.331 e. The molecular formula is C13H21Cl2N3. The van der Waals surface area contributed by atoms with E-state index in [1.807, 2.05) is 6.07 Å². The first kappa shape index (κ1) is 17.2. The molecule has 1 aromatic carbocycles. The lowest BCUT2D eigenvalue weighted by atomic mass is 10.2. The van der Waals surface area contributed by atoms with Gasteiger partial charge >= 0.3 is 0 Å². The number of unbranched alkanes of at least 4 members (excludes halogenated alkanes) is 2. The molecule has 5 heteroatoms. The highest BCUT2D eigenvalue weighted by atomic mass is 35.5. The molecule has 0 amide bonds. The number of nitrogens with zero attached hydrogens (tertiary/aromatic N) is 2. The highest BCUT2D eigenvalue weighted by Crippen LogP contribution is 2.15. The molecule has 0 aliphatic carbocycles. The van der Waals surface area contributed by atoms with Gasteiger partial charge in [-0.25, -0.2) is 4.98 Å². The molecule has 0 saturated heterocycles. The fourth-order valence-corrected chi connectivity index (χ4v) is 2.02. The Labute approximate surface area is 121 Å². The van der Waals surface area contributed by atoms with Crippen molar-refractivity contribution in [2.45, 2.75) is 25.7 Å². The van der Waals surface area contributed by atoms with Gasteiger partial charge in [-0.2, -0.15) is 0 Å². The average Bonchev–Trinajstić information content (AvgIpc) is 2.63. The monoisotopic (exact) mass is 289 g/mol. The van der Waals surface area contributed by atoms with E-state index in [4.69, 9.17) is 5.73 Å². The highest BCUT2D eigenvalue weighted by molar-refractivity contribution is 5.85. The number of aromatic nitrogens is 2. The zero-order valence-corrected chi connectivity index (χ0v) is 12.3. The molecule has 1 heterocycles. The summed E-state index contributed by atoms with van der Waals surface area (Å²) in [7, 11) is 2.09. The maximum atomic E-state index is 5.48. The van der Waals surface area contributed by atoms with Gasteiger partial charge in [0.05, 0.1) is 11.0 Å². The summed E-state index contributed by atoms with van der Waals surface area (Å²) < 4.78 is 2.19. The molecule has 0 spiro atoms. The van der Waals surface area contributed by atoms with Crippen molar-refractivity contribution in [2.75, 3.05) is 6.54 Å². The molecular weight excluding hydrogens is 269 g/mol. The van der Waals surface area contributed by atoms with Crippen LogP contribution in [0.5, 0.6) is 0 Å². The van der Waals surface area contributed by atoms with Crippen molar-refractivity contribution in [3.8, 4) is 0 Å². The first-order valence-corrected chi connectivity index (χ1v) is 5.93.